The number of carbonyl (C=O) groups is 1. The predicted molar refractivity (Wildman–Crippen MR) is 120 cm³/mol. The molecule has 3 aromatic heterocycles. The Morgan fingerprint density at radius 3 is 2.52 bits per heavy atom. The van der Waals surface area contributed by atoms with E-state index in [1.54, 1.807) is 52.7 Å². The molecule has 10 heteroatoms. The van der Waals surface area contributed by atoms with Crippen LogP contribution < -0.4 is 10.0 Å². The summed E-state index contributed by atoms with van der Waals surface area (Å²) in [5.41, 5.74) is 2.99. The lowest BCUT2D eigenvalue weighted by Crippen LogP contribution is -2.14. The molecule has 0 saturated carbocycles. The molecule has 4 aromatic rings. The third-order valence-corrected chi connectivity index (χ3v) is 7.15. The summed E-state index contributed by atoms with van der Waals surface area (Å²) >= 11 is 1.12. The van der Waals surface area contributed by atoms with Crippen molar-refractivity contribution >= 4 is 38.6 Å². The first-order valence-corrected chi connectivity index (χ1v) is 11.7. The molecule has 0 saturated heterocycles. The topological polar surface area (TPSA) is 106 Å². The largest absolute Gasteiger partial charge is 0.321 e. The molecule has 158 valence electrons. The summed E-state index contributed by atoms with van der Waals surface area (Å²) in [6, 6.07) is 14.9. The molecule has 0 fully saturated rings. The van der Waals surface area contributed by atoms with Gasteiger partial charge in [0.25, 0.3) is 15.9 Å². The van der Waals surface area contributed by atoms with Crippen LogP contribution in [0.3, 0.4) is 0 Å². The lowest BCUT2D eigenvalue weighted by atomic mass is 10.2. The van der Waals surface area contributed by atoms with Crippen LogP contribution in [-0.4, -0.2) is 29.1 Å². The van der Waals surface area contributed by atoms with Crippen LogP contribution in [0.2, 0.25) is 0 Å². The number of nitrogens with zero attached hydrogens (tertiary/aromatic N) is 3. The first-order chi connectivity index (χ1) is 14.8. The van der Waals surface area contributed by atoms with Gasteiger partial charge in [0.15, 0.2) is 5.82 Å². The molecule has 0 radical (unpaired) electrons. The van der Waals surface area contributed by atoms with Crippen molar-refractivity contribution in [1.82, 2.24) is 14.8 Å². The molecular formula is C21H19N5O3S2. The highest BCUT2D eigenvalue weighted by molar-refractivity contribution is 7.94. The summed E-state index contributed by atoms with van der Waals surface area (Å²) in [5, 5.41) is 8.84. The highest BCUT2D eigenvalue weighted by Crippen LogP contribution is 2.21. The average molecular weight is 454 g/mol. The predicted octanol–water partition coefficient (Wildman–Crippen LogP) is 4.00. The van der Waals surface area contributed by atoms with Crippen molar-refractivity contribution in [3.63, 3.8) is 0 Å². The van der Waals surface area contributed by atoms with Crippen molar-refractivity contribution in [2.24, 2.45) is 0 Å². The maximum absolute atomic E-state index is 12.6. The van der Waals surface area contributed by atoms with Crippen molar-refractivity contribution in [3.05, 3.63) is 83.1 Å². The standard InChI is InChI=1S/C21H19N5O3S2/c1-14-11-15(2)26(24-14)19-9-8-18(13-22-19)23-21(27)16-5-3-6-17(12-16)25-31(28,29)20-7-4-10-30-20/h3-13,25H,1-2H3,(H,23,27). The molecule has 2 N–H and O–H groups in total. The Morgan fingerprint density at radius 2 is 1.87 bits per heavy atom. The normalized spacial score (nSPS) is 11.3. The third-order valence-electron chi connectivity index (χ3n) is 4.37. The molecule has 0 atom stereocenters. The van der Waals surface area contributed by atoms with E-state index >= 15 is 0 Å². The molecule has 0 bridgehead atoms. The van der Waals surface area contributed by atoms with Gasteiger partial charge in [-0.1, -0.05) is 12.1 Å². The van der Waals surface area contributed by atoms with E-state index in [0.717, 1.165) is 22.7 Å². The SMILES string of the molecule is Cc1cc(C)n(-c2ccc(NC(=O)c3cccc(NS(=O)(=O)c4cccs4)c3)cn2)n1. The number of anilines is 2. The maximum Gasteiger partial charge on any atom is 0.271 e. The zero-order valence-corrected chi connectivity index (χ0v) is 18.4. The lowest BCUT2D eigenvalue weighted by molar-refractivity contribution is 0.102. The minimum atomic E-state index is -3.69. The molecule has 0 aliphatic carbocycles. The van der Waals surface area contributed by atoms with E-state index in [9.17, 15) is 13.2 Å². The average Bonchev–Trinajstić information content (AvgIpc) is 3.39. The smallest absolute Gasteiger partial charge is 0.271 e. The van der Waals surface area contributed by atoms with Crippen LogP contribution in [0.4, 0.5) is 11.4 Å². The van der Waals surface area contributed by atoms with Crippen LogP contribution in [0, 0.1) is 13.8 Å². The number of hydrogen-bond donors (Lipinski definition) is 2. The van der Waals surface area contributed by atoms with Gasteiger partial charge < -0.3 is 5.32 Å². The fourth-order valence-corrected chi connectivity index (χ4v) is 5.04. The van der Waals surface area contributed by atoms with Crippen LogP contribution in [0.15, 0.2) is 70.4 Å². The fraction of sp³-hybridized carbons (Fsp3) is 0.0952. The summed E-state index contributed by atoms with van der Waals surface area (Å²) in [5.74, 6) is 0.270. The van der Waals surface area contributed by atoms with E-state index in [2.05, 4.69) is 20.1 Å². The number of nitrogens with one attached hydrogen (secondary N) is 2. The number of hydrogen-bond acceptors (Lipinski definition) is 6. The third kappa shape index (κ3) is 4.65. The van der Waals surface area contributed by atoms with Crippen molar-refractivity contribution < 1.29 is 13.2 Å². The molecule has 1 aromatic carbocycles. The number of pyridine rings is 1. The van der Waals surface area contributed by atoms with Crippen molar-refractivity contribution in [2.75, 3.05) is 10.0 Å². The first-order valence-electron chi connectivity index (χ1n) is 9.29. The number of thiophene rings is 1. The van der Waals surface area contributed by atoms with Gasteiger partial charge in [-0.05, 0) is 61.7 Å². The molecule has 0 aliphatic heterocycles. The van der Waals surface area contributed by atoms with Crippen LogP contribution in [0.5, 0.6) is 0 Å². The minimum Gasteiger partial charge on any atom is -0.321 e. The zero-order valence-electron chi connectivity index (χ0n) is 16.7. The molecule has 0 aliphatic rings. The minimum absolute atomic E-state index is 0.205. The number of aromatic nitrogens is 3. The Kier molecular flexibility index (Phi) is 5.57. The van der Waals surface area contributed by atoms with Gasteiger partial charge in [0.1, 0.15) is 4.21 Å². The number of benzene rings is 1. The van der Waals surface area contributed by atoms with Crippen LogP contribution >= 0.6 is 11.3 Å². The number of rotatable bonds is 6. The number of carbonyl (C=O) groups excluding carboxylic acids is 1. The Morgan fingerprint density at radius 1 is 1.03 bits per heavy atom. The monoisotopic (exact) mass is 453 g/mol. The Labute approximate surface area is 183 Å². The van der Waals surface area contributed by atoms with Crippen molar-refractivity contribution in [2.45, 2.75) is 18.1 Å². The molecule has 4 rings (SSSR count). The lowest BCUT2D eigenvalue weighted by Gasteiger charge is -2.09. The van der Waals surface area contributed by atoms with E-state index < -0.39 is 10.0 Å². The summed E-state index contributed by atoms with van der Waals surface area (Å²) in [6.07, 6.45) is 1.55. The number of sulfonamides is 1. The first kappa shape index (κ1) is 20.8. The summed E-state index contributed by atoms with van der Waals surface area (Å²) in [4.78, 5) is 17.0. The van der Waals surface area contributed by atoms with Gasteiger partial charge >= 0.3 is 0 Å². The molecular weight excluding hydrogens is 434 g/mol. The Hall–Kier alpha value is -3.50. The van der Waals surface area contributed by atoms with Gasteiger partial charge in [0.2, 0.25) is 0 Å². The molecule has 0 spiro atoms. The van der Waals surface area contributed by atoms with Gasteiger partial charge in [-0.3, -0.25) is 9.52 Å². The van der Waals surface area contributed by atoms with E-state index in [-0.39, 0.29) is 10.1 Å². The van der Waals surface area contributed by atoms with Crippen molar-refractivity contribution in [1.29, 1.82) is 0 Å². The van der Waals surface area contributed by atoms with E-state index in [0.29, 0.717) is 22.8 Å². The zero-order chi connectivity index (χ0) is 22.0. The second-order valence-corrected chi connectivity index (χ2v) is 9.67. The van der Waals surface area contributed by atoms with E-state index in [4.69, 9.17) is 0 Å². The summed E-state index contributed by atoms with van der Waals surface area (Å²) in [7, 11) is -3.69. The molecule has 8 nitrogen and oxygen atoms in total. The number of aryl methyl sites for hydroxylation is 2. The highest BCUT2D eigenvalue weighted by Gasteiger charge is 2.16. The molecule has 3 heterocycles. The van der Waals surface area contributed by atoms with Gasteiger partial charge in [-0.25, -0.2) is 18.1 Å². The summed E-state index contributed by atoms with van der Waals surface area (Å²) < 4.78 is 29.2. The van der Waals surface area contributed by atoms with Crippen molar-refractivity contribution in [3.8, 4) is 5.82 Å². The second kappa shape index (κ2) is 8.32. The number of amides is 1. The maximum atomic E-state index is 12.6. The fourth-order valence-electron chi connectivity index (χ4n) is 3.00. The van der Waals surface area contributed by atoms with Gasteiger partial charge in [0.05, 0.1) is 17.6 Å². The molecule has 1 amide bonds. The highest BCUT2D eigenvalue weighted by atomic mass is 32.2. The molecule has 0 unspecified atom stereocenters. The van der Waals surface area contributed by atoms with Gasteiger partial charge in [-0.2, -0.15) is 5.10 Å². The molecule has 31 heavy (non-hydrogen) atoms. The Bertz CT molecular complexity index is 1330. The van der Waals surface area contributed by atoms with Crippen LogP contribution in [-0.2, 0) is 10.0 Å². The van der Waals surface area contributed by atoms with Crippen LogP contribution in [0.1, 0.15) is 21.7 Å². The summed E-state index contributed by atoms with van der Waals surface area (Å²) in [6.45, 7) is 3.85. The van der Waals surface area contributed by atoms with E-state index in [1.807, 2.05) is 19.9 Å². The van der Waals surface area contributed by atoms with Gasteiger partial charge in [-0.15, -0.1) is 11.3 Å². The second-order valence-electron chi connectivity index (χ2n) is 6.82. The van der Waals surface area contributed by atoms with Gasteiger partial charge in [0, 0.05) is 16.9 Å². The quantitative estimate of drug-likeness (QED) is 0.459. The Balaban J connectivity index is 1.48. The van der Waals surface area contributed by atoms with E-state index in [1.165, 1.54) is 12.1 Å². The van der Waals surface area contributed by atoms with Crippen LogP contribution in [0.25, 0.3) is 5.82 Å².